The molecule has 0 amide bonds. The predicted octanol–water partition coefficient (Wildman–Crippen LogP) is 3.49. The molecule has 1 aromatic carbocycles. The maximum absolute atomic E-state index is 11.5. The zero-order valence-electron chi connectivity index (χ0n) is 8.22. The minimum absolute atomic E-state index is 0.105. The minimum Gasteiger partial charge on any atom is -0.299 e. The van der Waals surface area contributed by atoms with Crippen molar-refractivity contribution in [1.82, 2.24) is 0 Å². The quantitative estimate of drug-likeness (QED) is 0.691. The van der Waals surface area contributed by atoms with E-state index in [1.54, 1.807) is 0 Å². The lowest BCUT2D eigenvalue weighted by atomic mass is 9.96. The molecule has 0 heterocycles. The van der Waals surface area contributed by atoms with Crippen LogP contribution in [-0.4, -0.2) is 5.78 Å². The number of hydrogen-bond donors (Lipinski definition) is 0. The van der Waals surface area contributed by atoms with Gasteiger partial charge in [-0.2, -0.15) is 0 Å². The molecule has 1 aliphatic rings. The van der Waals surface area contributed by atoms with Gasteiger partial charge in [0.25, 0.3) is 0 Å². The summed E-state index contributed by atoms with van der Waals surface area (Å²) < 4.78 is 0. The van der Waals surface area contributed by atoms with Crippen molar-refractivity contribution in [3.63, 3.8) is 0 Å². The number of carbonyl (C=O) groups is 1. The van der Waals surface area contributed by atoms with Gasteiger partial charge < -0.3 is 0 Å². The summed E-state index contributed by atoms with van der Waals surface area (Å²) in [5, 5.41) is 0.766. The first-order valence-corrected chi connectivity index (χ1v) is 5.35. The highest BCUT2D eigenvalue weighted by Gasteiger charge is 2.25. The van der Waals surface area contributed by atoms with Gasteiger partial charge in [0.2, 0.25) is 0 Å². The molecule has 0 N–H and O–H groups in total. The van der Waals surface area contributed by atoms with Gasteiger partial charge in [0.1, 0.15) is 5.78 Å². The van der Waals surface area contributed by atoms with Crippen molar-refractivity contribution in [2.45, 2.75) is 32.1 Å². The Kier molecular flexibility index (Phi) is 2.60. The molecule has 1 saturated carbocycles. The first-order valence-electron chi connectivity index (χ1n) is 4.97. The summed E-state index contributed by atoms with van der Waals surface area (Å²) in [6.45, 7) is 1.97. The fourth-order valence-electron chi connectivity index (χ4n) is 1.99. The number of rotatable bonds is 1. The van der Waals surface area contributed by atoms with E-state index in [1.165, 1.54) is 0 Å². The van der Waals surface area contributed by atoms with Crippen LogP contribution in [0.3, 0.4) is 0 Å². The molecule has 14 heavy (non-hydrogen) atoms. The number of carbonyl (C=O) groups excluding carboxylic acids is 1. The molecule has 1 aromatic rings. The van der Waals surface area contributed by atoms with Crippen molar-refractivity contribution in [2.75, 3.05) is 0 Å². The van der Waals surface area contributed by atoms with Crippen molar-refractivity contribution in [3.8, 4) is 0 Å². The lowest BCUT2D eigenvalue weighted by Crippen LogP contribution is -2.03. The monoisotopic (exact) mass is 208 g/mol. The number of ketones is 1. The van der Waals surface area contributed by atoms with Crippen LogP contribution in [0.1, 0.15) is 36.3 Å². The number of Topliss-reactive ketones (excluding diaryl/α,β-unsaturated/α-hetero) is 1. The van der Waals surface area contributed by atoms with Crippen molar-refractivity contribution in [3.05, 3.63) is 34.3 Å². The van der Waals surface area contributed by atoms with Gasteiger partial charge in [-0.15, -0.1) is 0 Å². The van der Waals surface area contributed by atoms with Crippen LogP contribution in [0.25, 0.3) is 0 Å². The fourth-order valence-corrected chi connectivity index (χ4v) is 2.18. The third-order valence-corrected chi connectivity index (χ3v) is 3.31. The molecule has 0 aromatic heterocycles. The summed E-state index contributed by atoms with van der Waals surface area (Å²) in [6, 6.07) is 5.95. The highest BCUT2D eigenvalue weighted by molar-refractivity contribution is 6.31. The molecule has 1 nitrogen and oxygen atoms in total. The standard InChI is InChI=1S/C12H13ClO/c1-8-5-6-9(7-11(8)13)10-3-2-4-12(10)14/h5-7,10H,2-4H2,1H3. The van der Waals surface area contributed by atoms with Crippen LogP contribution < -0.4 is 0 Å². The van der Waals surface area contributed by atoms with E-state index in [4.69, 9.17) is 11.6 Å². The molecular weight excluding hydrogens is 196 g/mol. The predicted molar refractivity (Wildman–Crippen MR) is 57.8 cm³/mol. The zero-order valence-corrected chi connectivity index (χ0v) is 8.97. The molecule has 2 heteroatoms. The molecule has 0 radical (unpaired) electrons. The van der Waals surface area contributed by atoms with Crippen LogP contribution >= 0.6 is 11.6 Å². The second-order valence-electron chi connectivity index (χ2n) is 3.92. The molecule has 0 bridgehead atoms. The van der Waals surface area contributed by atoms with E-state index in [1.807, 2.05) is 25.1 Å². The number of hydrogen-bond acceptors (Lipinski definition) is 1. The highest BCUT2D eigenvalue weighted by atomic mass is 35.5. The van der Waals surface area contributed by atoms with Crippen molar-refractivity contribution >= 4 is 17.4 Å². The molecule has 1 fully saturated rings. The summed E-state index contributed by atoms with van der Waals surface area (Å²) in [6.07, 6.45) is 2.74. The molecule has 1 atom stereocenters. The Morgan fingerprint density at radius 3 is 2.79 bits per heavy atom. The largest absolute Gasteiger partial charge is 0.299 e. The normalized spacial score (nSPS) is 21.6. The Morgan fingerprint density at radius 2 is 2.21 bits per heavy atom. The van der Waals surface area contributed by atoms with Crippen molar-refractivity contribution in [2.24, 2.45) is 0 Å². The van der Waals surface area contributed by atoms with Crippen molar-refractivity contribution < 1.29 is 4.79 Å². The molecule has 0 saturated heterocycles. The molecule has 0 aliphatic heterocycles. The average molecular weight is 209 g/mol. The average Bonchev–Trinajstić information content (AvgIpc) is 2.57. The van der Waals surface area contributed by atoms with Gasteiger partial charge >= 0.3 is 0 Å². The van der Waals surface area contributed by atoms with Gasteiger partial charge in [-0.25, -0.2) is 0 Å². The van der Waals surface area contributed by atoms with Crippen LogP contribution in [0.4, 0.5) is 0 Å². The van der Waals surface area contributed by atoms with Crippen LogP contribution in [0.2, 0.25) is 5.02 Å². The smallest absolute Gasteiger partial charge is 0.140 e. The van der Waals surface area contributed by atoms with E-state index in [0.717, 1.165) is 35.4 Å². The maximum atomic E-state index is 11.5. The Morgan fingerprint density at radius 1 is 1.43 bits per heavy atom. The summed E-state index contributed by atoms with van der Waals surface area (Å²) in [7, 11) is 0. The highest BCUT2D eigenvalue weighted by Crippen LogP contribution is 2.32. The summed E-state index contributed by atoms with van der Waals surface area (Å²) >= 11 is 6.03. The van der Waals surface area contributed by atoms with E-state index >= 15 is 0 Å². The van der Waals surface area contributed by atoms with E-state index in [0.29, 0.717) is 5.78 Å². The minimum atomic E-state index is 0.105. The van der Waals surface area contributed by atoms with Gasteiger partial charge in [0.15, 0.2) is 0 Å². The van der Waals surface area contributed by atoms with Gasteiger partial charge in [0, 0.05) is 17.4 Å². The van der Waals surface area contributed by atoms with Crippen LogP contribution in [0.15, 0.2) is 18.2 Å². The van der Waals surface area contributed by atoms with E-state index < -0.39 is 0 Å². The first kappa shape index (κ1) is 9.72. The first-order chi connectivity index (χ1) is 6.68. The third-order valence-electron chi connectivity index (χ3n) is 2.90. The van der Waals surface area contributed by atoms with Gasteiger partial charge in [-0.3, -0.25) is 4.79 Å². The van der Waals surface area contributed by atoms with Gasteiger partial charge in [-0.05, 0) is 37.0 Å². The third kappa shape index (κ3) is 1.69. The maximum Gasteiger partial charge on any atom is 0.140 e. The summed E-state index contributed by atoms with van der Waals surface area (Å²) in [4.78, 5) is 11.5. The Hall–Kier alpha value is -0.820. The zero-order chi connectivity index (χ0) is 10.1. The topological polar surface area (TPSA) is 17.1 Å². The second kappa shape index (κ2) is 3.74. The second-order valence-corrected chi connectivity index (χ2v) is 4.33. The summed E-state index contributed by atoms with van der Waals surface area (Å²) in [5.74, 6) is 0.470. The lowest BCUT2D eigenvalue weighted by molar-refractivity contribution is -0.118. The Labute approximate surface area is 89.1 Å². The number of benzene rings is 1. The van der Waals surface area contributed by atoms with E-state index in [2.05, 4.69) is 0 Å². The van der Waals surface area contributed by atoms with Crippen LogP contribution in [0.5, 0.6) is 0 Å². The van der Waals surface area contributed by atoms with Crippen LogP contribution in [0, 0.1) is 6.92 Å². The fraction of sp³-hybridized carbons (Fsp3) is 0.417. The van der Waals surface area contributed by atoms with Gasteiger partial charge in [0.05, 0.1) is 0 Å². The Bertz CT molecular complexity index is 371. The molecule has 1 aliphatic carbocycles. The molecular formula is C12H13ClO. The Balaban J connectivity index is 2.32. The SMILES string of the molecule is Cc1ccc(C2CCCC2=O)cc1Cl. The lowest BCUT2D eigenvalue weighted by Gasteiger charge is -2.09. The number of halogens is 1. The number of aryl methyl sites for hydroxylation is 1. The van der Waals surface area contributed by atoms with Crippen molar-refractivity contribution in [1.29, 1.82) is 0 Å². The van der Waals surface area contributed by atoms with Crippen LogP contribution in [-0.2, 0) is 4.79 Å². The molecule has 2 rings (SSSR count). The molecule has 1 unspecified atom stereocenters. The molecule has 74 valence electrons. The van der Waals surface area contributed by atoms with E-state index in [-0.39, 0.29) is 5.92 Å². The van der Waals surface area contributed by atoms with Gasteiger partial charge in [-0.1, -0.05) is 23.7 Å². The van der Waals surface area contributed by atoms with E-state index in [9.17, 15) is 4.79 Å². The summed E-state index contributed by atoms with van der Waals surface area (Å²) in [5.41, 5.74) is 2.16. The molecule has 0 spiro atoms.